The smallest absolute Gasteiger partial charge is 0.197 e. The summed E-state index contributed by atoms with van der Waals surface area (Å²) in [6, 6.07) is 8.01. The highest BCUT2D eigenvalue weighted by atomic mass is 16.7. The van der Waals surface area contributed by atoms with Crippen molar-refractivity contribution in [2.75, 3.05) is 6.61 Å². The predicted molar refractivity (Wildman–Crippen MR) is 131 cm³/mol. The Labute approximate surface area is 220 Å². The fraction of sp³-hybridized carbons (Fsp3) is 0.423. The summed E-state index contributed by atoms with van der Waals surface area (Å²) in [5.74, 6) is -1.18. The number of phenolic OH excluding ortho intramolecular Hbond substituents is 3. The second kappa shape index (κ2) is 10.4. The molecule has 210 valence electrons. The molecule has 13 heteroatoms. The van der Waals surface area contributed by atoms with Gasteiger partial charge in [0.2, 0.25) is 0 Å². The van der Waals surface area contributed by atoms with Crippen LogP contribution in [-0.4, -0.2) is 96.5 Å². The van der Waals surface area contributed by atoms with Gasteiger partial charge in [0.25, 0.3) is 0 Å². The quantitative estimate of drug-likeness (QED) is 0.208. The molecule has 3 heterocycles. The Morgan fingerprint density at radius 3 is 2.26 bits per heavy atom. The van der Waals surface area contributed by atoms with Crippen molar-refractivity contribution in [1.82, 2.24) is 0 Å². The highest BCUT2D eigenvalue weighted by molar-refractivity contribution is 5.88. The highest BCUT2D eigenvalue weighted by Crippen LogP contribution is 2.44. The second-order valence-corrected chi connectivity index (χ2v) is 9.64. The van der Waals surface area contributed by atoms with Crippen molar-refractivity contribution >= 4 is 11.0 Å². The predicted octanol–water partition coefficient (Wildman–Crippen LogP) is -0.417. The number of rotatable bonds is 4. The molecule has 0 bridgehead atoms. The SMILES string of the molecule is CC1O[C@@H](O[C@H]2CO[C@@H](c3c(O)cc4oc(-c5ccc(O)cc5)cc(=O)c4c3O)C(O)[C@H]2O)[C@@H](O)C(O)[C@H]1O. The first-order valence-corrected chi connectivity index (χ1v) is 12.1. The van der Waals surface area contributed by atoms with Gasteiger partial charge in [-0.3, -0.25) is 4.79 Å². The summed E-state index contributed by atoms with van der Waals surface area (Å²) in [5.41, 5.74) is -0.727. The summed E-state index contributed by atoms with van der Waals surface area (Å²) in [5, 5.41) is 82.4. The molecule has 13 nitrogen and oxygen atoms in total. The van der Waals surface area contributed by atoms with Crippen LogP contribution in [0.3, 0.4) is 0 Å². The van der Waals surface area contributed by atoms with Crippen molar-refractivity contribution < 1.29 is 59.5 Å². The molecule has 0 aliphatic carbocycles. The molecule has 39 heavy (non-hydrogen) atoms. The number of ether oxygens (including phenoxy) is 3. The molecule has 0 spiro atoms. The lowest BCUT2D eigenvalue weighted by Gasteiger charge is -2.43. The van der Waals surface area contributed by atoms with Crippen LogP contribution in [0.4, 0.5) is 0 Å². The first-order valence-electron chi connectivity index (χ1n) is 12.1. The van der Waals surface area contributed by atoms with E-state index in [9.17, 15) is 45.6 Å². The van der Waals surface area contributed by atoms with E-state index in [1.165, 1.54) is 31.2 Å². The van der Waals surface area contributed by atoms with Crippen LogP contribution in [0.15, 0.2) is 45.6 Å². The fourth-order valence-corrected chi connectivity index (χ4v) is 4.82. The van der Waals surface area contributed by atoms with Crippen LogP contribution in [0.5, 0.6) is 17.2 Å². The lowest BCUT2D eigenvalue weighted by molar-refractivity contribution is -0.326. The molecular weight excluding hydrogens is 520 g/mol. The van der Waals surface area contributed by atoms with Crippen LogP contribution < -0.4 is 5.43 Å². The fourth-order valence-electron chi connectivity index (χ4n) is 4.82. The van der Waals surface area contributed by atoms with E-state index in [1.807, 2.05) is 0 Å². The highest BCUT2D eigenvalue weighted by Gasteiger charge is 2.47. The third-order valence-electron chi connectivity index (χ3n) is 7.05. The molecular formula is C26H28O13. The lowest BCUT2D eigenvalue weighted by atomic mass is 9.92. The van der Waals surface area contributed by atoms with E-state index in [-0.39, 0.29) is 28.0 Å². The number of hydrogen-bond acceptors (Lipinski definition) is 13. The Morgan fingerprint density at radius 1 is 0.872 bits per heavy atom. The first-order chi connectivity index (χ1) is 18.5. The first kappa shape index (κ1) is 27.3. The third kappa shape index (κ3) is 4.83. The molecule has 2 aliphatic heterocycles. The van der Waals surface area contributed by atoms with Gasteiger partial charge in [0.05, 0.1) is 18.3 Å². The summed E-state index contributed by atoms with van der Waals surface area (Å²) in [6.45, 7) is 1.04. The van der Waals surface area contributed by atoms with Gasteiger partial charge in [-0.1, -0.05) is 0 Å². The number of hydrogen-bond donors (Lipinski definition) is 8. The molecule has 2 saturated heterocycles. The van der Waals surface area contributed by atoms with Crippen LogP contribution in [0, 0.1) is 0 Å². The minimum Gasteiger partial charge on any atom is -0.508 e. The zero-order valence-electron chi connectivity index (χ0n) is 20.5. The average Bonchev–Trinajstić information content (AvgIpc) is 2.89. The molecule has 3 unspecified atom stereocenters. The van der Waals surface area contributed by atoms with Crippen LogP contribution in [0.25, 0.3) is 22.3 Å². The maximum atomic E-state index is 12.9. The standard InChI is InChI=1S/C26H28O13/c1-9-19(30)22(33)24(35)26(37-9)39-16-8-36-25(23(34)20(16)31)18-13(29)7-15-17(21(18)32)12(28)6-14(38-15)10-2-4-11(27)5-3-10/h2-7,9,16,19-20,22-27,29-35H,8H2,1H3/t9?,16-,19-,20-,22?,23?,24-,25-,26-/m0/s1. The summed E-state index contributed by atoms with van der Waals surface area (Å²) >= 11 is 0. The molecule has 2 aliphatic rings. The van der Waals surface area contributed by atoms with Gasteiger partial charge >= 0.3 is 0 Å². The zero-order chi connectivity index (χ0) is 28.2. The van der Waals surface area contributed by atoms with Crippen molar-refractivity contribution in [2.24, 2.45) is 0 Å². The Kier molecular flexibility index (Phi) is 7.26. The number of aromatic hydroxyl groups is 3. The second-order valence-electron chi connectivity index (χ2n) is 9.64. The molecule has 1 aromatic heterocycles. The van der Waals surface area contributed by atoms with Crippen molar-refractivity contribution in [3.05, 3.63) is 52.2 Å². The van der Waals surface area contributed by atoms with Crippen molar-refractivity contribution in [2.45, 2.75) is 62.0 Å². The van der Waals surface area contributed by atoms with Crippen LogP contribution >= 0.6 is 0 Å². The molecule has 2 fully saturated rings. The van der Waals surface area contributed by atoms with E-state index in [0.717, 1.165) is 12.1 Å². The number of phenols is 3. The number of aliphatic hydroxyl groups is 5. The molecule has 9 atom stereocenters. The largest absolute Gasteiger partial charge is 0.508 e. The summed E-state index contributed by atoms with van der Waals surface area (Å²) in [6.07, 6.45) is -13.2. The van der Waals surface area contributed by atoms with Crippen molar-refractivity contribution in [3.63, 3.8) is 0 Å². The van der Waals surface area contributed by atoms with E-state index < -0.39 is 78.7 Å². The van der Waals surface area contributed by atoms with E-state index in [0.29, 0.717) is 5.56 Å². The zero-order valence-corrected chi connectivity index (χ0v) is 20.5. The van der Waals surface area contributed by atoms with Gasteiger partial charge in [0.1, 0.15) is 76.7 Å². The molecule has 0 saturated carbocycles. The number of benzene rings is 2. The Bertz CT molecular complexity index is 1400. The average molecular weight is 548 g/mol. The van der Waals surface area contributed by atoms with Crippen molar-refractivity contribution in [1.29, 1.82) is 0 Å². The lowest BCUT2D eigenvalue weighted by Crippen LogP contribution is -2.60. The Morgan fingerprint density at radius 2 is 1.56 bits per heavy atom. The Balaban J connectivity index is 1.41. The van der Waals surface area contributed by atoms with Gasteiger partial charge in [-0.25, -0.2) is 0 Å². The van der Waals surface area contributed by atoms with Gasteiger partial charge in [-0.15, -0.1) is 0 Å². The van der Waals surface area contributed by atoms with Gasteiger partial charge < -0.3 is 59.5 Å². The third-order valence-corrected chi connectivity index (χ3v) is 7.05. The maximum Gasteiger partial charge on any atom is 0.197 e. The Hall–Kier alpha value is -3.27. The molecule has 0 radical (unpaired) electrons. The molecule has 2 aromatic carbocycles. The van der Waals surface area contributed by atoms with Gasteiger partial charge in [0, 0.05) is 17.7 Å². The minimum atomic E-state index is -1.78. The normalized spacial score (nSPS) is 33.3. The van der Waals surface area contributed by atoms with Gasteiger partial charge in [-0.2, -0.15) is 0 Å². The number of fused-ring (bicyclic) bond motifs is 1. The van der Waals surface area contributed by atoms with Gasteiger partial charge in [-0.05, 0) is 31.2 Å². The topological polar surface area (TPSA) is 220 Å². The van der Waals surface area contributed by atoms with E-state index in [1.54, 1.807) is 0 Å². The van der Waals surface area contributed by atoms with Crippen molar-refractivity contribution in [3.8, 4) is 28.6 Å². The minimum absolute atomic E-state index is 0.0103. The van der Waals surface area contributed by atoms with E-state index in [2.05, 4.69) is 0 Å². The molecule has 0 amide bonds. The van der Waals surface area contributed by atoms with Crippen LogP contribution in [0.1, 0.15) is 18.6 Å². The summed E-state index contributed by atoms with van der Waals surface area (Å²) < 4.78 is 22.2. The maximum absolute atomic E-state index is 12.9. The summed E-state index contributed by atoms with van der Waals surface area (Å²) in [4.78, 5) is 12.9. The van der Waals surface area contributed by atoms with Crippen LogP contribution in [0.2, 0.25) is 0 Å². The van der Waals surface area contributed by atoms with E-state index in [4.69, 9.17) is 18.6 Å². The van der Waals surface area contributed by atoms with Crippen LogP contribution in [-0.2, 0) is 14.2 Å². The monoisotopic (exact) mass is 548 g/mol. The molecule has 5 rings (SSSR count). The number of aliphatic hydroxyl groups excluding tert-OH is 5. The summed E-state index contributed by atoms with van der Waals surface area (Å²) in [7, 11) is 0. The molecule has 3 aromatic rings. The molecule has 8 N–H and O–H groups in total. The van der Waals surface area contributed by atoms with E-state index >= 15 is 0 Å². The van der Waals surface area contributed by atoms with Gasteiger partial charge in [0.15, 0.2) is 11.7 Å².